The molecule has 3 atom stereocenters. The molecule has 1 rings (SSSR count). The van der Waals surface area contributed by atoms with E-state index in [2.05, 4.69) is 4.98 Å². The molecule has 96 valence electrons. The molecule has 0 aliphatic carbocycles. The molecule has 0 amide bonds. The van der Waals surface area contributed by atoms with Crippen molar-refractivity contribution in [3.8, 4) is 0 Å². The van der Waals surface area contributed by atoms with E-state index >= 15 is 0 Å². The topological polar surface area (TPSA) is 111 Å². The minimum Gasteiger partial charge on any atom is -0.394 e. The molecular weight excluding hydrogens is 226 g/mol. The average molecular weight is 243 g/mol. The highest BCUT2D eigenvalue weighted by atomic mass is 16.5. The van der Waals surface area contributed by atoms with Crippen molar-refractivity contribution in [3.05, 3.63) is 22.7 Å². The van der Waals surface area contributed by atoms with Crippen LogP contribution in [0.3, 0.4) is 0 Å². The minimum absolute atomic E-state index is 0.132. The molecule has 0 unspecified atom stereocenters. The van der Waals surface area contributed by atoms with Crippen molar-refractivity contribution in [2.45, 2.75) is 32.3 Å². The Morgan fingerprint density at radius 2 is 2.24 bits per heavy atom. The maximum atomic E-state index is 11.5. The highest BCUT2D eigenvalue weighted by molar-refractivity contribution is 5.23. The SMILES string of the molecule is C[C@H](O)[C@@H](CO)O[C@H](C)n1ccc(N)nc1=O. The lowest BCUT2D eigenvalue weighted by Gasteiger charge is -2.23. The zero-order chi connectivity index (χ0) is 13.0. The second kappa shape index (κ2) is 5.76. The van der Waals surface area contributed by atoms with Crippen LogP contribution in [-0.4, -0.2) is 38.6 Å². The van der Waals surface area contributed by atoms with Crippen LogP contribution in [0.25, 0.3) is 0 Å². The summed E-state index contributed by atoms with van der Waals surface area (Å²) < 4.78 is 6.57. The molecule has 1 aromatic rings. The second-order valence-electron chi connectivity index (χ2n) is 3.74. The quantitative estimate of drug-likeness (QED) is 0.618. The van der Waals surface area contributed by atoms with Gasteiger partial charge in [0.05, 0.1) is 12.7 Å². The van der Waals surface area contributed by atoms with E-state index in [1.807, 2.05) is 0 Å². The summed E-state index contributed by atoms with van der Waals surface area (Å²) >= 11 is 0. The van der Waals surface area contributed by atoms with E-state index in [9.17, 15) is 9.90 Å². The third kappa shape index (κ3) is 3.52. The lowest BCUT2D eigenvalue weighted by molar-refractivity contribution is -0.113. The molecule has 7 heteroatoms. The Hall–Kier alpha value is -1.44. The first-order chi connectivity index (χ1) is 7.95. The number of ether oxygens (including phenoxy) is 1. The van der Waals surface area contributed by atoms with Gasteiger partial charge in [-0.3, -0.25) is 4.57 Å². The number of aliphatic hydroxyl groups excluding tert-OH is 2. The van der Waals surface area contributed by atoms with Crippen molar-refractivity contribution in [1.29, 1.82) is 0 Å². The van der Waals surface area contributed by atoms with Crippen LogP contribution in [0, 0.1) is 0 Å². The smallest absolute Gasteiger partial charge is 0.351 e. The van der Waals surface area contributed by atoms with Crippen molar-refractivity contribution < 1.29 is 14.9 Å². The normalized spacial score (nSPS) is 16.5. The Kier molecular flexibility index (Phi) is 4.62. The molecule has 4 N–H and O–H groups in total. The number of nitrogens with zero attached hydrogens (tertiary/aromatic N) is 2. The Bertz CT molecular complexity index is 418. The largest absolute Gasteiger partial charge is 0.394 e. The van der Waals surface area contributed by atoms with Gasteiger partial charge in [-0.1, -0.05) is 0 Å². The predicted octanol–water partition coefficient (Wildman–Crippen LogP) is -0.898. The van der Waals surface area contributed by atoms with Crippen LogP contribution < -0.4 is 11.4 Å². The summed E-state index contributed by atoms with van der Waals surface area (Å²) in [5.74, 6) is 0.132. The number of rotatable bonds is 5. The summed E-state index contributed by atoms with van der Waals surface area (Å²) in [5.41, 5.74) is 4.82. The Morgan fingerprint density at radius 1 is 1.59 bits per heavy atom. The fraction of sp³-hybridized carbons (Fsp3) is 0.600. The molecular formula is C10H17N3O4. The molecule has 7 nitrogen and oxygen atoms in total. The first-order valence-electron chi connectivity index (χ1n) is 5.24. The summed E-state index contributed by atoms with van der Waals surface area (Å²) in [6.45, 7) is 2.78. The molecule has 0 aromatic carbocycles. The zero-order valence-electron chi connectivity index (χ0n) is 9.78. The van der Waals surface area contributed by atoms with Gasteiger partial charge >= 0.3 is 5.69 Å². The van der Waals surface area contributed by atoms with Crippen LogP contribution in [0.2, 0.25) is 0 Å². The fourth-order valence-electron chi connectivity index (χ4n) is 1.33. The number of hydrogen-bond donors (Lipinski definition) is 3. The van der Waals surface area contributed by atoms with E-state index in [1.165, 1.54) is 23.8 Å². The highest BCUT2D eigenvalue weighted by Crippen LogP contribution is 2.10. The van der Waals surface area contributed by atoms with Crippen molar-refractivity contribution in [2.24, 2.45) is 0 Å². The number of hydrogen-bond acceptors (Lipinski definition) is 6. The van der Waals surface area contributed by atoms with Crippen LogP contribution in [0.15, 0.2) is 17.1 Å². The molecule has 0 aliphatic heterocycles. The first-order valence-corrected chi connectivity index (χ1v) is 5.24. The van der Waals surface area contributed by atoms with Crippen molar-refractivity contribution >= 4 is 5.82 Å². The highest BCUT2D eigenvalue weighted by Gasteiger charge is 2.19. The molecule has 0 bridgehead atoms. The first kappa shape index (κ1) is 13.6. The van der Waals surface area contributed by atoms with Gasteiger partial charge in [0.2, 0.25) is 0 Å². The van der Waals surface area contributed by atoms with Crippen LogP contribution in [0.5, 0.6) is 0 Å². The molecule has 0 fully saturated rings. The fourth-order valence-corrected chi connectivity index (χ4v) is 1.33. The van der Waals surface area contributed by atoms with Gasteiger partial charge in [-0.25, -0.2) is 4.79 Å². The van der Waals surface area contributed by atoms with Gasteiger partial charge in [-0.15, -0.1) is 0 Å². The van der Waals surface area contributed by atoms with E-state index in [4.69, 9.17) is 15.6 Å². The van der Waals surface area contributed by atoms with Crippen molar-refractivity contribution in [2.75, 3.05) is 12.3 Å². The maximum absolute atomic E-state index is 11.5. The number of nitrogens with two attached hydrogens (primary N) is 1. The summed E-state index contributed by atoms with van der Waals surface area (Å²) in [4.78, 5) is 15.0. The number of anilines is 1. The van der Waals surface area contributed by atoms with E-state index in [-0.39, 0.29) is 12.4 Å². The van der Waals surface area contributed by atoms with Crippen molar-refractivity contribution in [1.82, 2.24) is 9.55 Å². The average Bonchev–Trinajstić information content (AvgIpc) is 2.24. The van der Waals surface area contributed by atoms with Gasteiger partial charge in [0.25, 0.3) is 0 Å². The summed E-state index contributed by atoms with van der Waals surface area (Å²) in [7, 11) is 0. The van der Waals surface area contributed by atoms with Crippen LogP contribution in [-0.2, 0) is 4.74 Å². The summed E-state index contributed by atoms with van der Waals surface area (Å²) in [5, 5.41) is 18.3. The van der Waals surface area contributed by atoms with Gasteiger partial charge in [0, 0.05) is 6.20 Å². The van der Waals surface area contributed by atoms with E-state index in [0.29, 0.717) is 0 Å². The van der Waals surface area contributed by atoms with Gasteiger partial charge in [-0.2, -0.15) is 4.98 Å². The number of aromatic nitrogens is 2. The lowest BCUT2D eigenvalue weighted by atomic mass is 10.2. The Morgan fingerprint density at radius 3 is 2.71 bits per heavy atom. The van der Waals surface area contributed by atoms with Crippen molar-refractivity contribution in [3.63, 3.8) is 0 Å². The van der Waals surface area contributed by atoms with Gasteiger partial charge in [0.15, 0.2) is 0 Å². The predicted molar refractivity (Wildman–Crippen MR) is 61.3 cm³/mol. The summed E-state index contributed by atoms with van der Waals surface area (Å²) in [6.07, 6.45) is -0.789. The van der Waals surface area contributed by atoms with Gasteiger partial charge in [-0.05, 0) is 19.9 Å². The second-order valence-corrected chi connectivity index (χ2v) is 3.74. The third-order valence-electron chi connectivity index (χ3n) is 2.33. The molecule has 0 spiro atoms. The van der Waals surface area contributed by atoms with Gasteiger partial charge < -0.3 is 20.7 Å². The molecule has 0 radical (unpaired) electrons. The molecule has 1 aromatic heterocycles. The number of aliphatic hydroxyl groups is 2. The van der Waals surface area contributed by atoms with Gasteiger partial charge in [0.1, 0.15) is 18.1 Å². The zero-order valence-corrected chi connectivity index (χ0v) is 9.78. The van der Waals surface area contributed by atoms with E-state index in [1.54, 1.807) is 6.92 Å². The number of nitrogen functional groups attached to an aromatic ring is 1. The van der Waals surface area contributed by atoms with Crippen LogP contribution in [0.1, 0.15) is 20.1 Å². The molecule has 0 aliphatic rings. The maximum Gasteiger partial charge on any atom is 0.351 e. The van der Waals surface area contributed by atoms with Crippen LogP contribution >= 0.6 is 0 Å². The van der Waals surface area contributed by atoms with Crippen LogP contribution in [0.4, 0.5) is 5.82 Å². The monoisotopic (exact) mass is 243 g/mol. The standard InChI is InChI=1S/C10H17N3O4/c1-6(15)8(5-14)17-7(2)13-4-3-9(11)12-10(13)16/h3-4,6-8,14-15H,5H2,1-2H3,(H2,11,12,16)/t6-,7+,8+/m0/s1. The van der Waals surface area contributed by atoms with E-state index < -0.39 is 24.1 Å². The molecule has 17 heavy (non-hydrogen) atoms. The molecule has 0 saturated carbocycles. The lowest BCUT2D eigenvalue weighted by Crippen LogP contribution is -2.35. The summed E-state index contributed by atoms with van der Waals surface area (Å²) in [6, 6.07) is 1.47. The molecule has 0 saturated heterocycles. The Balaban J connectivity index is 2.82. The molecule has 1 heterocycles. The minimum atomic E-state index is -0.833. The van der Waals surface area contributed by atoms with E-state index in [0.717, 1.165) is 0 Å². The Labute approximate surface area is 98.5 Å². The third-order valence-corrected chi connectivity index (χ3v) is 2.33.